The molecule has 0 spiro atoms. The number of methoxy groups -OCH3 is 1. The maximum atomic E-state index is 14.1. The zero-order chi connectivity index (χ0) is 26.2. The minimum absolute atomic E-state index is 0.0668. The van der Waals surface area contributed by atoms with Crippen LogP contribution in [0.1, 0.15) is 34.7 Å². The van der Waals surface area contributed by atoms with Gasteiger partial charge in [0.25, 0.3) is 0 Å². The number of rotatable bonds is 7. The number of Topliss-reactive ketones (excluding diaryl/α,β-unsaturated/α-hetero) is 1. The van der Waals surface area contributed by atoms with Gasteiger partial charge in [-0.15, -0.1) is 0 Å². The summed E-state index contributed by atoms with van der Waals surface area (Å²) < 4.78 is 39.4. The summed E-state index contributed by atoms with van der Waals surface area (Å²) in [5, 5.41) is 0.498. The lowest BCUT2D eigenvalue weighted by molar-refractivity contribution is -0.137. The molecule has 3 aromatic carbocycles. The summed E-state index contributed by atoms with van der Waals surface area (Å²) in [6, 6.07) is 23.9. The summed E-state index contributed by atoms with van der Waals surface area (Å²) in [5.41, 5.74) is 2.43. The SMILES string of the molecule is COc1ccc(C)cc1[C@@]1(C(=O)CS(=O)(=O)c2cccc3nc(C)ccc23)C[C@@H](c2ccccc2)CO1. The van der Waals surface area contributed by atoms with E-state index in [0.717, 1.165) is 16.8 Å². The van der Waals surface area contributed by atoms with Crippen molar-refractivity contribution >= 4 is 26.5 Å². The molecule has 0 aliphatic carbocycles. The number of aryl methyl sites for hydroxylation is 2. The Bertz CT molecular complexity index is 1580. The number of pyridine rings is 1. The van der Waals surface area contributed by atoms with E-state index in [-0.39, 0.29) is 10.8 Å². The highest BCUT2D eigenvalue weighted by Gasteiger charge is 2.51. The molecule has 6 nitrogen and oxygen atoms in total. The first-order chi connectivity index (χ1) is 17.7. The number of fused-ring (bicyclic) bond motifs is 1. The van der Waals surface area contributed by atoms with Crippen LogP contribution in [0.5, 0.6) is 5.75 Å². The number of carbonyl (C=O) groups is 1. The molecule has 5 rings (SSSR count). The van der Waals surface area contributed by atoms with Gasteiger partial charge in [-0.1, -0.05) is 48.0 Å². The van der Waals surface area contributed by atoms with Gasteiger partial charge in [0.2, 0.25) is 0 Å². The Morgan fingerprint density at radius 3 is 2.57 bits per heavy atom. The first-order valence-corrected chi connectivity index (χ1v) is 13.9. The van der Waals surface area contributed by atoms with Gasteiger partial charge >= 0.3 is 0 Å². The van der Waals surface area contributed by atoms with Crippen LogP contribution in [0.25, 0.3) is 10.9 Å². The van der Waals surface area contributed by atoms with Crippen molar-refractivity contribution in [1.29, 1.82) is 0 Å². The molecule has 37 heavy (non-hydrogen) atoms. The molecule has 7 heteroatoms. The molecular weight excluding hydrogens is 486 g/mol. The molecule has 2 heterocycles. The Labute approximate surface area is 217 Å². The van der Waals surface area contributed by atoms with Crippen LogP contribution in [-0.4, -0.2) is 38.7 Å². The van der Waals surface area contributed by atoms with Gasteiger partial charge in [0, 0.05) is 22.6 Å². The van der Waals surface area contributed by atoms with Gasteiger partial charge in [0.15, 0.2) is 21.2 Å². The molecule has 4 aromatic rings. The standard InChI is InChI=1S/C30H29NO5S/c1-20-12-15-27(35-3)25(16-20)30(17-23(18-36-30)22-8-5-4-6-9-22)29(32)19-37(33,34)28-11-7-10-26-24(28)14-13-21(2)31-26/h4-16,23H,17-19H2,1-3H3/t23-,30-/m1/s1. The highest BCUT2D eigenvalue weighted by Crippen LogP contribution is 2.47. The van der Waals surface area contributed by atoms with Crippen molar-refractivity contribution in [3.63, 3.8) is 0 Å². The molecule has 0 amide bonds. The van der Waals surface area contributed by atoms with Crippen LogP contribution in [0.15, 0.2) is 83.8 Å². The van der Waals surface area contributed by atoms with E-state index in [1.54, 1.807) is 30.3 Å². The Balaban J connectivity index is 1.58. The number of sulfone groups is 1. The van der Waals surface area contributed by atoms with E-state index in [0.29, 0.717) is 35.2 Å². The topological polar surface area (TPSA) is 82.6 Å². The average molecular weight is 516 g/mol. The number of nitrogens with zero attached hydrogens (tertiary/aromatic N) is 1. The van der Waals surface area contributed by atoms with E-state index in [9.17, 15) is 13.2 Å². The van der Waals surface area contributed by atoms with Crippen LogP contribution >= 0.6 is 0 Å². The fourth-order valence-electron chi connectivity index (χ4n) is 5.18. The normalized spacial score (nSPS) is 19.7. The van der Waals surface area contributed by atoms with Crippen LogP contribution in [0, 0.1) is 13.8 Å². The van der Waals surface area contributed by atoms with Gasteiger partial charge < -0.3 is 9.47 Å². The van der Waals surface area contributed by atoms with Crippen molar-refractivity contribution in [2.24, 2.45) is 0 Å². The lowest BCUT2D eigenvalue weighted by Crippen LogP contribution is -2.40. The van der Waals surface area contributed by atoms with Gasteiger partial charge in [-0.05, 0) is 62.2 Å². The van der Waals surface area contributed by atoms with Crippen molar-refractivity contribution in [1.82, 2.24) is 4.98 Å². The maximum absolute atomic E-state index is 14.1. The molecule has 0 radical (unpaired) electrons. The fraction of sp³-hybridized carbons (Fsp3) is 0.267. The highest BCUT2D eigenvalue weighted by atomic mass is 32.2. The second kappa shape index (κ2) is 9.72. The molecule has 1 aliphatic heterocycles. The Hall–Kier alpha value is -3.55. The summed E-state index contributed by atoms with van der Waals surface area (Å²) in [4.78, 5) is 18.7. The van der Waals surface area contributed by atoms with Crippen molar-refractivity contribution < 1.29 is 22.7 Å². The Morgan fingerprint density at radius 2 is 1.81 bits per heavy atom. The lowest BCUT2D eigenvalue weighted by atomic mass is 9.81. The number of ether oxygens (including phenoxy) is 2. The summed E-state index contributed by atoms with van der Waals surface area (Å²) in [6.45, 7) is 4.07. The maximum Gasteiger partial charge on any atom is 0.186 e. The third kappa shape index (κ3) is 4.65. The first-order valence-electron chi connectivity index (χ1n) is 12.2. The summed E-state index contributed by atoms with van der Waals surface area (Å²) >= 11 is 0. The van der Waals surface area contributed by atoms with E-state index >= 15 is 0 Å². The molecule has 0 bridgehead atoms. The van der Waals surface area contributed by atoms with E-state index < -0.39 is 27.0 Å². The Morgan fingerprint density at radius 1 is 1.03 bits per heavy atom. The van der Waals surface area contributed by atoms with Crippen LogP contribution in [-0.2, 0) is 25.0 Å². The van der Waals surface area contributed by atoms with Gasteiger partial charge in [0.1, 0.15) is 11.5 Å². The second-order valence-corrected chi connectivity index (χ2v) is 11.6. The van der Waals surface area contributed by atoms with Gasteiger partial charge in [-0.3, -0.25) is 9.78 Å². The molecule has 190 valence electrons. The van der Waals surface area contributed by atoms with Crippen molar-refractivity contribution in [2.45, 2.75) is 36.7 Å². The number of hydrogen-bond acceptors (Lipinski definition) is 6. The van der Waals surface area contributed by atoms with Crippen LogP contribution < -0.4 is 4.74 Å². The number of ketones is 1. The van der Waals surface area contributed by atoms with Crippen LogP contribution in [0.3, 0.4) is 0 Å². The molecular formula is C30H29NO5S. The third-order valence-corrected chi connectivity index (χ3v) is 8.73. The average Bonchev–Trinajstić information content (AvgIpc) is 3.35. The summed E-state index contributed by atoms with van der Waals surface area (Å²) in [6.07, 6.45) is 0.321. The lowest BCUT2D eigenvalue weighted by Gasteiger charge is -2.29. The van der Waals surface area contributed by atoms with E-state index in [1.807, 2.05) is 56.3 Å². The van der Waals surface area contributed by atoms with Crippen LogP contribution in [0.2, 0.25) is 0 Å². The van der Waals surface area contributed by atoms with Gasteiger partial charge in [-0.2, -0.15) is 0 Å². The third-order valence-electron chi connectivity index (χ3n) is 7.06. The zero-order valence-electron chi connectivity index (χ0n) is 21.1. The van der Waals surface area contributed by atoms with E-state index in [2.05, 4.69) is 4.98 Å². The molecule has 1 saturated heterocycles. The van der Waals surface area contributed by atoms with Gasteiger partial charge in [-0.25, -0.2) is 8.42 Å². The van der Waals surface area contributed by atoms with Crippen molar-refractivity contribution in [3.8, 4) is 5.75 Å². The predicted molar refractivity (Wildman–Crippen MR) is 143 cm³/mol. The van der Waals surface area contributed by atoms with Crippen molar-refractivity contribution in [3.05, 3.63) is 101 Å². The fourth-order valence-corrected chi connectivity index (χ4v) is 6.71. The molecule has 0 saturated carbocycles. The monoisotopic (exact) mass is 515 g/mol. The first kappa shape index (κ1) is 25.1. The molecule has 0 N–H and O–H groups in total. The molecule has 1 aliphatic rings. The number of carbonyl (C=O) groups excluding carboxylic acids is 1. The predicted octanol–water partition coefficient (Wildman–Crippen LogP) is 5.30. The second-order valence-electron chi connectivity index (χ2n) is 9.61. The van der Waals surface area contributed by atoms with E-state index in [1.165, 1.54) is 13.2 Å². The number of aromatic nitrogens is 1. The van der Waals surface area contributed by atoms with Gasteiger partial charge in [0.05, 0.1) is 24.1 Å². The largest absolute Gasteiger partial charge is 0.496 e. The molecule has 1 fully saturated rings. The summed E-state index contributed by atoms with van der Waals surface area (Å²) in [5.74, 6) is -0.775. The minimum Gasteiger partial charge on any atom is -0.496 e. The zero-order valence-corrected chi connectivity index (χ0v) is 21.9. The van der Waals surface area contributed by atoms with E-state index in [4.69, 9.17) is 9.47 Å². The quantitative estimate of drug-likeness (QED) is 0.332. The number of hydrogen-bond donors (Lipinski definition) is 0. The highest BCUT2D eigenvalue weighted by molar-refractivity contribution is 7.92. The van der Waals surface area contributed by atoms with Crippen molar-refractivity contribution in [2.75, 3.05) is 19.5 Å². The number of benzene rings is 3. The Kier molecular flexibility index (Phi) is 6.60. The smallest absolute Gasteiger partial charge is 0.186 e. The molecule has 0 unspecified atom stereocenters. The minimum atomic E-state index is -4.00. The summed E-state index contributed by atoms with van der Waals surface area (Å²) in [7, 11) is -2.47. The molecule has 1 aromatic heterocycles. The van der Waals surface area contributed by atoms with Crippen LogP contribution in [0.4, 0.5) is 0 Å². The molecule has 2 atom stereocenters.